The third-order valence-electron chi connectivity index (χ3n) is 2.90. The summed E-state index contributed by atoms with van der Waals surface area (Å²) in [6.07, 6.45) is 1.39. The topological polar surface area (TPSA) is 104 Å². The summed E-state index contributed by atoms with van der Waals surface area (Å²) in [6.45, 7) is 4.07. The van der Waals surface area contributed by atoms with Crippen LogP contribution in [0.3, 0.4) is 0 Å². The first-order valence-corrected chi connectivity index (χ1v) is 7.98. The zero-order valence-electron chi connectivity index (χ0n) is 11.3. The van der Waals surface area contributed by atoms with Gasteiger partial charge in [0.1, 0.15) is 6.04 Å². The van der Waals surface area contributed by atoms with Crippen molar-refractivity contribution in [2.24, 2.45) is 11.8 Å². The van der Waals surface area contributed by atoms with Crippen molar-refractivity contribution in [3.8, 4) is 0 Å². The number of rotatable bonds is 6. The van der Waals surface area contributed by atoms with Gasteiger partial charge in [0.15, 0.2) is 0 Å². The van der Waals surface area contributed by atoms with Crippen molar-refractivity contribution in [2.75, 3.05) is 19.3 Å². The van der Waals surface area contributed by atoms with Crippen molar-refractivity contribution < 1.29 is 23.1 Å². The van der Waals surface area contributed by atoms with Crippen LogP contribution in [0, 0.1) is 11.8 Å². The highest BCUT2D eigenvalue weighted by atomic mass is 32.2. The fraction of sp³-hybridized carbons (Fsp3) is 0.818. The average molecular weight is 292 g/mol. The van der Waals surface area contributed by atoms with Gasteiger partial charge < -0.3 is 10.0 Å². The summed E-state index contributed by atoms with van der Waals surface area (Å²) in [4.78, 5) is 24.2. The highest BCUT2D eigenvalue weighted by Crippen LogP contribution is 2.19. The first-order chi connectivity index (χ1) is 8.60. The second-order valence-corrected chi connectivity index (χ2v) is 7.13. The molecular weight excluding hydrogens is 272 g/mol. The molecule has 0 aromatic carbocycles. The fourth-order valence-corrected chi connectivity index (χ4v) is 2.68. The minimum absolute atomic E-state index is 0.147. The summed E-state index contributed by atoms with van der Waals surface area (Å²) >= 11 is 0. The molecular formula is C11H20N2O5S. The molecule has 1 amide bonds. The van der Waals surface area contributed by atoms with E-state index in [9.17, 15) is 18.0 Å². The minimum atomic E-state index is -3.48. The molecule has 8 heteroatoms. The molecule has 0 spiro atoms. The number of hydrogen-bond donors (Lipinski definition) is 2. The van der Waals surface area contributed by atoms with E-state index in [2.05, 4.69) is 4.72 Å². The first kappa shape index (κ1) is 15.9. The van der Waals surface area contributed by atoms with Gasteiger partial charge in [-0.05, 0) is 12.3 Å². The first-order valence-electron chi connectivity index (χ1n) is 6.09. The molecule has 1 rings (SSSR count). The maximum absolute atomic E-state index is 12.1. The lowest BCUT2D eigenvalue weighted by atomic mass is 9.97. The largest absolute Gasteiger partial charge is 0.481 e. The van der Waals surface area contributed by atoms with Crippen LogP contribution in [0.2, 0.25) is 0 Å². The van der Waals surface area contributed by atoms with Crippen LogP contribution in [0.4, 0.5) is 0 Å². The summed E-state index contributed by atoms with van der Waals surface area (Å²) in [5, 5.41) is 8.75. The molecule has 1 saturated heterocycles. The Morgan fingerprint density at radius 1 is 1.37 bits per heavy atom. The second kappa shape index (κ2) is 5.87. The number of carboxylic acids is 1. The molecule has 2 N–H and O–H groups in total. The van der Waals surface area contributed by atoms with Crippen molar-refractivity contribution in [2.45, 2.75) is 26.3 Å². The Balaban J connectivity index is 2.65. The number of amides is 1. The monoisotopic (exact) mass is 292 g/mol. The van der Waals surface area contributed by atoms with E-state index in [0.717, 1.165) is 6.26 Å². The normalized spacial score (nSPS) is 18.2. The molecule has 1 aliphatic heterocycles. The summed E-state index contributed by atoms with van der Waals surface area (Å²) in [5.41, 5.74) is 0. The molecule has 1 aliphatic rings. The second-order valence-electron chi connectivity index (χ2n) is 5.35. The predicted molar refractivity (Wildman–Crippen MR) is 68.9 cm³/mol. The van der Waals surface area contributed by atoms with Gasteiger partial charge >= 0.3 is 5.97 Å². The maximum atomic E-state index is 12.1. The van der Waals surface area contributed by atoms with Gasteiger partial charge in [0, 0.05) is 13.1 Å². The Morgan fingerprint density at radius 2 is 1.89 bits per heavy atom. The van der Waals surface area contributed by atoms with Gasteiger partial charge in [0.05, 0.1) is 12.2 Å². The van der Waals surface area contributed by atoms with Crippen LogP contribution in [0.15, 0.2) is 0 Å². The molecule has 0 saturated carbocycles. The molecule has 1 atom stereocenters. The highest BCUT2D eigenvalue weighted by Gasteiger charge is 2.38. The van der Waals surface area contributed by atoms with Crippen molar-refractivity contribution in [3.05, 3.63) is 0 Å². The van der Waals surface area contributed by atoms with E-state index in [1.807, 2.05) is 13.8 Å². The maximum Gasteiger partial charge on any atom is 0.310 e. The summed E-state index contributed by atoms with van der Waals surface area (Å²) in [6, 6.07) is -0.815. The van der Waals surface area contributed by atoms with Crippen LogP contribution in [-0.2, 0) is 19.6 Å². The van der Waals surface area contributed by atoms with E-state index in [0.29, 0.717) is 6.42 Å². The Labute approximate surface area is 113 Å². The van der Waals surface area contributed by atoms with Gasteiger partial charge in [-0.2, -0.15) is 0 Å². The third kappa shape index (κ3) is 4.79. The molecule has 0 aromatic rings. The van der Waals surface area contributed by atoms with E-state index < -0.39 is 28.0 Å². The number of nitrogens with one attached hydrogen (secondary N) is 1. The zero-order valence-corrected chi connectivity index (χ0v) is 12.1. The molecule has 7 nitrogen and oxygen atoms in total. The van der Waals surface area contributed by atoms with Gasteiger partial charge in [0.25, 0.3) is 0 Å². The molecule has 1 heterocycles. The third-order valence-corrected chi connectivity index (χ3v) is 3.62. The van der Waals surface area contributed by atoms with Crippen LogP contribution in [0.1, 0.15) is 20.3 Å². The van der Waals surface area contributed by atoms with E-state index in [4.69, 9.17) is 5.11 Å². The van der Waals surface area contributed by atoms with Gasteiger partial charge in [0.2, 0.25) is 15.9 Å². The summed E-state index contributed by atoms with van der Waals surface area (Å²) in [5.74, 6) is -1.67. The molecule has 1 fully saturated rings. The summed E-state index contributed by atoms with van der Waals surface area (Å²) in [7, 11) is -3.48. The number of sulfonamides is 1. The fourth-order valence-electron chi connectivity index (χ4n) is 1.96. The Kier molecular flexibility index (Phi) is 4.92. The van der Waals surface area contributed by atoms with E-state index in [-0.39, 0.29) is 24.9 Å². The van der Waals surface area contributed by atoms with E-state index >= 15 is 0 Å². The van der Waals surface area contributed by atoms with Gasteiger partial charge in [-0.3, -0.25) is 9.59 Å². The standard InChI is InChI=1S/C11H20N2O5S/c1-7(2)4-9(12-19(3,17)18)10(14)13-5-8(6-13)11(15)16/h7-9,12H,4-6H2,1-3H3,(H,15,16). The number of carbonyl (C=O) groups is 2. The number of carboxylic acid groups (broad SMARTS) is 1. The van der Waals surface area contributed by atoms with Crippen molar-refractivity contribution in [1.29, 1.82) is 0 Å². The number of likely N-dealkylation sites (tertiary alicyclic amines) is 1. The number of aliphatic carboxylic acids is 1. The Morgan fingerprint density at radius 3 is 2.26 bits per heavy atom. The lowest BCUT2D eigenvalue weighted by molar-refractivity contribution is -0.153. The quantitative estimate of drug-likeness (QED) is 0.686. The van der Waals surface area contributed by atoms with Crippen LogP contribution < -0.4 is 4.72 Å². The molecule has 19 heavy (non-hydrogen) atoms. The zero-order chi connectivity index (χ0) is 14.8. The molecule has 1 unspecified atom stereocenters. The van der Waals surface area contributed by atoms with E-state index in [1.165, 1.54) is 4.90 Å². The Hall–Kier alpha value is -1.15. The van der Waals surface area contributed by atoms with Gasteiger partial charge in [-0.1, -0.05) is 13.8 Å². The number of hydrogen-bond acceptors (Lipinski definition) is 4. The minimum Gasteiger partial charge on any atom is -0.481 e. The Bertz CT molecular complexity index is 454. The highest BCUT2D eigenvalue weighted by molar-refractivity contribution is 7.88. The van der Waals surface area contributed by atoms with Crippen molar-refractivity contribution >= 4 is 21.9 Å². The number of carbonyl (C=O) groups excluding carboxylic acids is 1. The van der Waals surface area contributed by atoms with Crippen molar-refractivity contribution in [3.63, 3.8) is 0 Å². The molecule has 110 valence electrons. The summed E-state index contributed by atoms with van der Waals surface area (Å²) < 4.78 is 24.8. The SMILES string of the molecule is CC(C)CC(NS(C)(=O)=O)C(=O)N1CC(C(=O)O)C1. The smallest absolute Gasteiger partial charge is 0.310 e. The lowest BCUT2D eigenvalue weighted by Crippen LogP contribution is -2.58. The van der Waals surface area contributed by atoms with Crippen molar-refractivity contribution in [1.82, 2.24) is 9.62 Å². The lowest BCUT2D eigenvalue weighted by Gasteiger charge is -2.39. The van der Waals surface area contributed by atoms with Crippen LogP contribution in [0.25, 0.3) is 0 Å². The molecule has 0 bridgehead atoms. The van der Waals surface area contributed by atoms with Gasteiger partial charge in [-0.25, -0.2) is 13.1 Å². The molecule has 0 aliphatic carbocycles. The predicted octanol–water partition coefficient (Wildman–Crippen LogP) is -0.507. The number of nitrogens with zero attached hydrogens (tertiary/aromatic N) is 1. The van der Waals surface area contributed by atoms with Crippen LogP contribution in [-0.4, -0.2) is 55.7 Å². The van der Waals surface area contributed by atoms with Crippen LogP contribution in [0.5, 0.6) is 0 Å². The van der Waals surface area contributed by atoms with Crippen LogP contribution >= 0.6 is 0 Å². The molecule has 0 radical (unpaired) electrons. The van der Waals surface area contributed by atoms with Gasteiger partial charge in [-0.15, -0.1) is 0 Å². The van der Waals surface area contributed by atoms with E-state index in [1.54, 1.807) is 0 Å². The molecule has 0 aromatic heterocycles. The average Bonchev–Trinajstić information content (AvgIpc) is 2.09.